The third-order valence-electron chi connectivity index (χ3n) is 3.37. The van der Waals surface area contributed by atoms with Crippen molar-refractivity contribution in [1.82, 2.24) is 15.1 Å². The molecule has 1 aliphatic rings. The summed E-state index contributed by atoms with van der Waals surface area (Å²) in [6, 6.07) is 9.22. The Labute approximate surface area is 137 Å². The topological polar surface area (TPSA) is 94.3 Å². The number of aromatic nitrogens is 3. The molecule has 4 rings (SSSR count). The molecule has 3 heterocycles. The predicted octanol–water partition coefficient (Wildman–Crippen LogP) is 3.03. The second-order valence-corrected chi connectivity index (χ2v) is 5.22. The molecular formula is C16H15N5O3. The Morgan fingerprint density at radius 2 is 1.67 bits per heavy atom. The minimum atomic E-state index is 0.551. The van der Waals surface area contributed by atoms with Crippen molar-refractivity contribution in [1.29, 1.82) is 0 Å². The molecular weight excluding hydrogens is 310 g/mol. The maximum atomic E-state index is 5.58. The lowest BCUT2D eigenvalue weighted by Gasteiger charge is -2.19. The number of aryl methyl sites for hydroxylation is 1. The molecule has 122 valence electrons. The van der Waals surface area contributed by atoms with Crippen LogP contribution < -0.4 is 20.1 Å². The van der Waals surface area contributed by atoms with Crippen LogP contribution >= 0.6 is 0 Å². The van der Waals surface area contributed by atoms with Crippen molar-refractivity contribution in [2.75, 3.05) is 23.8 Å². The summed E-state index contributed by atoms with van der Waals surface area (Å²) in [5.41, 5.74) is 0.848. The zero-order valence-corrected chi connectivity index (χ0v) is 12.9. The SMILES string of the molecule is Cc1cc(Nc2cc(Nc3ccc4c(c3)OCCO4)ncn2)no1. The summed E-state index contributed by atoms with van der Waals surface area (Å²) >= 11 is 0. The van der Waals surface area contributed by atoms with Gasteiger partial charge in [0.15, 0.2) is 17.3 Å². The number of hydrogen-bond acceptors (Lipinski definition) is 8. The molecule has 0 saturated heterocycles. The summed E-state index contributed by atoms with van der Waals surface area (Å²) in [6.45, 7) is 2.95. The van der Waals surface area contributed by atoms with E-state index in [0.717, 1.165) is 22.9 Å². The van der Waals surface area contributed by atoms with Crippen molar-refractivity contribution in [2.24, 2.45) is 0 Å². The van der Waals surface area contributed by atoms with Crippen LogP contribution in [0.15, 0.2) is 41.2 Å². The van der Waals surface area contributed by atoms with Crippen molar-refractivity contribution < 1.29 is 14.0 Å². The average molecular weight is 325 g/mol. The van der Waals surface area contributed by atoms with Gasteiger partial charge in [-0.3, -0.25) is 0 Å². The lowest BCUT2D eigenvalue weighted by Crippen LogP contribution is -2.15. The van der Waals surface area contributed by atoms with E-state index in [-0.39, 0.29) is 0 Å². The highest BCUT2D eigenvalue weighted by atomic mass is 16.6. The Balaban J connectivity index is 1.51. The van der Waals surface area contributed by atoms with E-state index in [4.69, 9.17) is 14.0 Å². The number of benzene rings is 1. The molecule has 0 unspecified atom stereocenters. The number of anilines is 4. The first-order chi connectivity index (χ1) is 11.8. The second-order valence-electron chi connectivity index (χ2n) is 5.22. The van der Waals surface area contributed by atoms with Crippen molar-refractivity contribution in [3.8, 4) is 11.5 Å². The van der Waals surface area contributed by atoms with Crippen LogP contribution in [0.4, 0.5) is 23.1 Å². The summed E-state index contributed by atoms with van der Waals surface area (Å²) in [4.78, 5) is 8.38. The fourth-order valence-corrected chi connectivity index (χ4v) is 2.32. The zero-order chi connectivity index (χ0) is 16.4. The van der Waals surface area contributed by atoms with Crippen molar-refractivity contribution in [2.45, 2.75) is 6.92 Å². The Morgan fingerprint density at radius 1 is 0.875 bits per heavy atom. The molecule has 0 atom stereocenters. The Hall–Kier alpha value is -3.29. The van der Waals surface area contributed by atoms with Crippen LogP contribution in [0.25, 0.3) is 0 Å². The summed E-state index contributed by atoms with van der Waals surface area (Å²) in [6.07, 6.45) is 1.47. The van der Waals surface area contributed by atoms with Crippen LogP contribution in [0.1, 0.15) is 5.76 Å². The Kier molecular flexibility index (Phi) is 3.62. The van der Waals surface area contributed by atoms with Gasteiger partial charge in [-0.1, -0.05) is 5.16 Å². The summed E-state index contributed by atoms with van der Waals surface area (Å²) in [7, 11) is 0. The molecule has 1 aliphatic heterocycles. The molecule has 2 aromatic heterocycles. The van der Waals surface area contributed by atoms with E-state index in [0.29, 0.717) is 30.7 Å². The molecule has 24 heavy (non-hydrogen) atoms. The molecule has 0 spiro atoms. The Bertz CT molecular complexity index is 864. The normalized spacial score (nSPS) is 12.7. The first-order valence-electron chi connectivity index (χ1n) is 7.45. The number of fused-ring (bicyclic) bond motifs is 1. The van der Waals surface area contributed by atoms with Crippen molar-refractivity contribution >= 4 is 23.1 Å². The van der Waals surface area contributed by atoms with Crippen LogP contribution in [0, 0.1) is 6.92 Å². The highest BCUT2D eigenvalue weighted by Crippen LogP contribution is 2.33. The van der Waals surface area contributed by atoms with Gasteiger partial charge in [-0.15, -0.1) is 0 Å². The molecule has 0 aliphatic carbocycles. The van der Waals surface area contributed by atoms with Crippen LogP contribution in [0.3, 0.4) is 0 Å². The second kappa shape index (κ2) is 6.07. The van der Waals surface area contributed by atoms with Gasteiger partial charge in [0.25, 0.3) is 0 Å². The number of rotatable bonds is 4. The monoisotopic (exact) mass is 325 g/mol. The van der Waals surface area contributed by atoms with E-state index in [1.54, 1.807) is 12.1 Å². The van der Waals surface area contributed by atoms with Gasteiger partial charge in [-0.05, 0) is 19.1 Å². The van der Waals surface area contributed by atoms with E-state index < -0.39 is 0 Å². The Morgan fingerprint density at radius 3 is 2.46 bits per heavy atom. The third kappa shape index (κ3) is 3.07. The fraction of sp³-hybridized carbons (Fsp3) is 0.188. The van der Waals surface area contributed by atoms with Gasteiger partial charge in [0.05, 0.1) is 0 Å². The van der Waals surface area contributed by atoms with E-state index in [2.05, 4.69) is 25.8 Å². The molecule has 1 aromatic carbocycles. The molecule has 2 N–H and O–H groups in total. The largest absolute Gasteiger partial charge is 0.486 e. The number of nitrogens with zero attached hydrogens (tertiary/aromatic N) is 3. The van der Waals surface area contributed by atoms with E-state index in [1.165, 1.54) is 6.33 Å². The van der Waals surface area contributed by atoms with Gasteiger partial charge in [0, 0.05) is 23.9 Å². The minimum Gasteiger partial charge on any atom is -0.486 e. The minimum absolute atomic E-state index is 0.551. The summed E-state index contributed by atoms with van der Waals surface area (Å²) < 4.78 is 16.1. The molecule has 8 nitrogen and oxygen atoms in total. The third-order valence-corrected chi connectivity index (χ3v) is 3.37. The standard InChI is InChI=1S/C16H15N5O3/c1-10-6-16(21-24-10)20-15-8-14(17-9-18-15)19-11-2-3-12-13(7-11)23-5-4-22-12/h2-3,6-9H,4-5H2,1H3,(H2,17,18,19,20,21). The highest BCUT2D eigenvalue weighted by molar-refractivity contribution is 5.64. The smallest absolute Gasteiger partial charge is 0.175 e. The van der Waals surface area contributed by atoms with Gasteiger partial charge in [0.1, 0.15) is 36.9 Å². The number of hydrogen-bond donors (Lipinski definition) is 2. The van der Waals surface area contributed by atoms with Crippen LogP contribution in [-0.4, -0.2) is 28.3 Å². The quantitative estimate of drug-likeness (QED) is 0.756. The molecule has 3 aromatic rings. The first kappa shape index (κ1) is 14.3. The van der Waals surface area contributed by atoms with Crippen LogP contribution in [-0.2, 0) is 0 Å². The van der Waals surface area contributed by atoms with Crippen LogP contribution in [0.5, 0.6) is 11.5 Å². The molecule has 0 amide bonds. The average Bonchev–Trinajstić information content (AvgIpc) is 3.00. The van der Waals surface area contributed by atoms with Crippen molar-refractivity contribution in [3.63, 3.8) is 0 Å². The van der Waals surface area contributed by atoms with E-state index >= 15 is 0 Å². The number of nitrogens with one attached hydrogen (secondary N) is 2. The molecule has 0 saturated carbocycles. The lowest BCUT2D eigenvalue weighted by atomic mass is 10.2. The molecule has 8 heteroatoms. The first-order valence-corrected chi connectivity index (χ1v) is 7.45. The predicted molar refractivity (Wildman–Crippen MR) is 87.3 cm³/mol. The maximum Gasteiger partial charge on any atom is 0.175 e. The lowest BCUT2D eigenvalue weighted by molar-refractivity contribution is 0.171. The number of ether oxygens (including phenoxy) is 2. The van der Waals surface area contributed by atoms with E-state index in [9.17, 15) is 0 Å². The van der Waals surface area contributed by atoms with Gasteiger partial charge < -0.3 is 24.6 Å². The van der Waals surface area contributed by atoms with Gasteiger partial charge in [0.2, 0.25) is 0 Å². The summed E-state index contributed by atoms with van der Waals surface area (Å²) in [5, 5.41) is 10.2. The van der Waals surface area contributed by atoms with Gasteiger partial charge in [-0.2, -0.15) is 0 Å². The van der Waals surface area contributed by atoms with Crippen molar-refractivity contribution in [3.05, 3.63) is 42.4 Å². The molecule has 0 fully saturated rings. The summed E-state index contributed by atoms with van der Waals surface area (Å²) in [5.74, 6) is 4.04. The fourth-order valence-electron chi connectivity index (χ4n) is 2.32. The van der Waals surface area contributed by atoms with E-state index in [1.807, 2.05) is 25.1 Å². The molecule has 0 bridgehead atoms. The van der Waals surface area contributed by atoms with Gasteiger partial charge >= 0.3 is 0 Å². The highest BCUT2D eigenvalue weighted by Gasteiger charge is 2.12. The molecule has 0 radical (unpaired) electrons. The maximum absolute atomic E-state index is 5.58. The van der Waals surface area contributed by atoms with Crippen LogP contribution in [0.2, 0.25) is 0 Å². The zero-order valence-electron chi connectivity index (χ0n) is 12.9. The van der Waals surface area contributed by atoms with Gasteiger partial charge in [-0.25, -0.2) is 9.97 Å².